The molecule has 0 saturated carbocycles. The molecule has 0 amide bonds. The molecule has 0 atom stereocenters. The highest BCUT2D eigenvalue weighted by molar-refractivity contribution is 9.10. The summed E-state index contributed by atoms with van der Waals surface area (Å²) in [6.07, 6.45) is 1.61. The molecule has 3 aromatic heterocycles. The van der Waals surface area contributed by atoms with Crippen LogP contribution in [0.1, 0.15) is 0 Å². The maximum absolute atomic E-state index is 5.24. The summed E-state index contributed by atoms with van der Waals surface area (Å²) in [5, 5.41) is 4.32. The Morgan fingerprint density at radius 3 is 2.87 bits per heavy atom. The topological polar surface area (TPSA) is 43.3 Å². The zero-order valence-electron chi connectivity index (χ0n) is 7.59. The fourth-order valence-corrected chi connectivity index (χ4v) is 1.80. The molecule has 74 valence electrons. The van der Waals surface area contributed by atoms with Crippen LogP contribution in [-0.2, 0) is 0 Å². The lowest BCUT2D eigenvalue weighted by atomic mass is 10.4. The Kier molecular flexibility index (Phi) is 1.85. The van der Waals surface area contributed by atoms with Crippen LogP contribution in [0, 0.1) is 0 Å². The molecule has 0 bridgehead atoms. The van der Waals surface area contributed by atoms with Gasteiger partial charge in [-0.1, -0.05) is 6.07 Å². The summed E-state index contributed by atoms with van der Waals surface area (Å²) < 4.78 is 7.82. The zero-order valence-corrected chi connectivity index (χ0v) is 9.18. The molecule has 0 N–H and O–H groups in total. The normalized spacial score (nSPS) is 11.0. The molecule has 0 spiro atoms. The number of aromatic nitrogens is 3. The SMILES string of the molecule is Brc1cccc2nc(-c3ccco3)nn12. The molecule has 5 heteroatoms. The third kappa shape index (κ3) is 1.35. The van der Waals surface area contributed by atoms with Gasteiger partial charge in [0, 0.05) is 0 Å². The number of furan rings is 1. The summed E-state index contributed by atoms with van der Waals surface area (Å²) in [7, 11) is 0. The fraction of sp³-hybridized carbons (Fsp3) is 0. The van der Waals surface area contributed by atoms with Gasteiger partial charge < -0.3 is 4.42 Å². The lowest BCUT2D eigenvalue weighted by Gasteiger charge is -1.91. The summed E-state index contributed by atoms with van der Waals surface area (Å²) in [4.78, 5) is 4.34. The second kappa shape index (κ2) is 3.20. The predicted octanol–water partition coefficient (Wildman–Crippen LogP) is 2.75. The van der Waals surface area contributed by atoms with Crippen LogP contribution < -0.4 is 0 Å². The molecule has 3 aromatic rings. The number of nitrogens with zero attached hydrogens (tertiary/aromatic N) is 3. The van der Waals surface area contributed by atoms with Crippen LogP contribution in [-0.4, -0.2) is 14.6 Å². The van der Waals surface area contributed by atoms with Crippen LogP contribution >= 0.6 is 15.9 Å². The number of hydrogen-bond donors (Lipinski definition) is 0. The Morgan fingerprint density at radius 1 is 1.20 bits per heavy atom. The van der Waals surface area contributed by atoms with E-state index in [1.165, 1.54) is 0 Å². The van der Waals surface area contributed by atoms with Gasteiger partial charge in [0.25, 0.3) is 0 Å². The molecule has 3 rings (SSSR count). The zero-order chi connectivity index (χ0) is 10.3. The van der Waals surface area contributed by atoms with Crippen molar-refractivity contribution in [2.75, 3.05) is 0 Å². The average molecular weight is 264 g/mol. The van der Waals surface area contributed by atoms with Crippen molar-refractivity contribution in [1.82, 2.24) is 14.6 Å². The molecule has 3 heterocycles. The van der Waals surface area contributed by atoms with Crippen molar-refractivity contribution in [2.24, 2.45) is 0 Å². The van der Waals surface area contributed by atoms with E-state index in [1.807, 2.05) is 30.3 Å². The maximum atomic E-state index is 5.24. The van der Waals surface area contributed by atoms with Gasteiger partial charge in [0.2, 0.25) is 5.82 Å². The molecule has 0 fully saturated rings. The summed E-state index contributed by atoms with van der Waals surface area (Å²) >= 11 is 3.40. The first-order valence-corrected chi connectivity index (χ1v) is 5.19. The lowest BCUT2D eigenvalue weighted by Crippen LogP contribution is -1.88. The average Bonchev–Trinajstić information content (AvgIpc) is 2.86. The molecule has 4 nitrogen and oxygen atoms in total. The Bertz CT molecular complexity index is 600. The quantitative estimate of drug-likeness (QED) is 0.635. The van der Waals surface area contributed by atoms with Crippen molar-refractivity contribution in [3.05, 3.63) is 41.2 Å². The van der Waals surface area contributed by atoms with Gasteiger partial charge in [0.05, 0.1) is 6.26 Å². The highest BCUT2D eigenvalue weighted by Gasteiger charge is 2.09. The molecular weight excluding hydrogens is 258 g/mol. The molecule has 0 saturated heterocycles. The fourth-order valence-electron chi connectivity index (χ4n) is 1.38. The summed E-state index contributed by atoms with van der Waals surface area (Å²) in [6, 6.07) is 9.37. The van der Waals surface area contributed by atoms with Crippen LogP contribution in [0.25, 0.3) is 17.2 Å². The molecule has 0 aliphatic rings. The molecule has 0 radical (unpaired) electrons. The van der Waals surface area contributed by atoms with Crippen LogP contribution in [0.5, 0.6) is 0 Å². The molecule has 0 unspecified atom stereocenters. The van der Waals surface area contributed by atoms with Gasteiger partial charge in [-0.2, -0.15) is 0 Å². The highest BCUT2D eigenvalue weighted by atomic mass is 79.9. The third-order valence-corrected chi connectivity index (χ3v) is 2.66. The van der Waals surface area contributed by atoms with Crippen molar-refractivity contribution in [1.29, 1.82) is 0 Å². The van der Waals surface area contributed by atoms with E-state index >= 15 is 0 Å². The van der Waals surface area contributed by atoms with E-state index in [0.717, 1.165) is 10.3 Å². The van der Waals surface area contributed by atoms with E-state index in [0.29, 0.717) is 11.6 Å². The minimum atomic E-state index is 0.590. The molecule has 0 aliphatic carbocycles. The first-order chi connectivity index (χ1) is 7.34. The Hall–Kier alpha value is -1.62. The molecule has 0 aromatic carbocycles. The molecule has 15 heavy (non-hydrogen) atoms. The Morgan fingerprint density at radius 2 is 2.13 bits per heavy atom. The van der Waals surface area contributed by atoms with Crippen molar-refractivity contribution in [2.45, 2.75) is 0 Å². The van der Waals surface area contributed by atoms with E-state index in [-0.39, 0.29) is 0 Å². The maximum Gasteiger partial charge on any atom is 0.217 e. The van der Waals surface area contributed by atoms with Crippen molar-refractivity contribution in [3.63, 3.8) is 0 Å². The lowest BCUT2D eigenvalue weighted by molar-refractivity contribution is 0.577. The second-order valence-electron chi connectivity index (χ2n) is 3.03. The van der Waals surface area contributed by atoms with Crippen molar-refractivity contribution >= 4 is 21.6 Å². The minimum absolute atomic E-state index is 0.590. The van der Waals surface area contributed by atoms with Crippen LogP contribution in [0.3, 0.4) is 0 Å². The largest absolute Gasteiger partial charge is 0.461 e. The second-order valence-corrected chi connectivity index (χ2v) is 3.84. The summed E-state index contributed by atoms with van der Waals surface area (Å²) in [5.74, 6) is 1.26. The van der Waals surface area contributed by atoms with Gasteiger partial charge in [-0.3, -0.25) is 0 Å². The van der Waals surface area contributed by atoms with E-state index < -0.39 is 0 Å². The predicted molar refractivity (Wildman–Crippen MR) is 58.4 cm³/mol. The van der Waals surface area contributed by atoms with E-state index in [1.54, 1.807) is 10.8 Å². The van der Waals surface area contributed by atoms with Gasteiger partial charge >= 0.3 is 0 Å². The van der Waals surface area contributed by atoms with Gasteiger partial charge in [-0.05, 0) is 40.2 Å². The van der Waals surface area contributed by atoms with Crippen molar-refractivity contribution < 1.29 is 4.42 Å². The number of rotatable bonds is 1. The van der Waals surface area contributed by atoms with Gasteiger partial charge in [0.15, 0.2) is 11.4 Å². The Balaban J connectivity index is 2.27. The van der Waals surface area contributed by atoms with Crippen LogP contribution in [0.4, 0.5) is 0 Å². The number of pyridine rings is 1. The molecular formula is C10H6BrN3O. The van der Waals surface area contributed by atoms with Gasteiger partial charge in [-0.15, -0.1) is 5.10 Å². The number of fused-ring (bicyclic) bond motifs is 1. The highest BCUT2D eigenvalue weighted by Crippen LogP contribution is 2.18. The van der Waals surface area contributed by atoms with Crippen molar-refractivity contribution in [3.8, 4) is 11.6 Å². The van der Waals surface area contributed by atoms with Crippen LogP contribution in [0.15, 0.2) is 45.6 Å². The first-order valence-electron chi connectivity index (χ1n) is 4.40. The minimum Gasteiger partial charge on any atom is -0.461 e. The van der Waals surface area contributed by atoms with E-state index in [4.69, 9.17) is 4.42 Å². The number of halogens is 1. The van der Waals surface area contributed by atoms with Crippen LogP contribution in [0.2, 0.25) is 0 Å². The smallest absolute Gasteiger partial charge is 0.217 e. The molecule has 0 aliphatic heterocycles. The van der Waals surface area contributed by atoms with E-state index in [9.17, 15) is 0 Å². The van der Waals surface area contributed by atoms with E-state index in [2.05, 4.69) is 26.0 Å². The number of hydrogen-bond acceptors (Lipinski definition) is 3. The van der Waals surface area contributed by atoms with Gasteiger partial charge in [-0.25, -0.2) is 9.50 Å². The Labute approximate surface area is 93.7 Å². The summed E-state index contributed by atoms with van der Waals surface area (Å²) in [6.45, 7) is 0. The van der Waals surface area contributed by atoms with Gasteiger partial charge in [0.1, 0.15) is 4.60 Å². The standard InChI is InChI=1S/C10H6BrN3O/c11-8-4-1-5-9-12-10(13-14(8)9)7-3-2-6-15-7/h1-6H. The third-order valence-electron chi connectivity index (χ3n) is 2.06. The first kappa shape index (κ1) is 8.67. The monoisotopic (exact) mass is 263 g/mol. The summed E-state index contributed by atoms with van der Waals surface area (Å²) in [5.41, 5.74) is 0.788.